The molecule has 1 atom stereocenters. The Balaban J connectivity index is 2.00. The quantitative estimate of drug-likeness (QED) is 0.832. The van der Waals surface area contributed by atoms with Gasteiger partial charge in [-0.25, -0.2) is 0 Å². The van der Waals surface area contributed by atoms with Crippen molar-refractivity contribution in [2.24, 2.45) is 0 Å². The molecule has 128 valence electrons. The standard InChI is InChI=1S/C18H17F3O3/c19-18(20,21)15-8-6-14(7-9-15)13-4-1-12(2-5-13)3-10-16(22)11-17(23)24/h1-2,4-9,16,22H,3,10-11H2,(H,23,24). The van der Waals surface area contributed by atoms with Crippen LogP contribution in [0.4, 0.5) is 13.2 Å². The zero-order valence-electron chi connectivity index (χ0n) is 12.8. The number of hydrogen-bond donors (Lipinski definition) is 2. The highest BCUT2D eigenvalue weighted by Gasteiger charge is 2.29. The molecule has 0 fully saturated rings. The summed E-state index contributed by atoms with van der Waals surface area (Å²) in [4.78, 5) is 10.5. The van der Waals surface area contributed by atoms with Gasteiger partial charge in [-0.3, -0.25) is 4.79 Å². The first kappa shape index (κ1) is 18.0. The second kappa shape index (κ2) is 7.49. The van der Waals surface area contributed by atoms with Gasteiger partial charge in [0.25, 0.3) is 0 Å². The average molecular weight is 338 g/mol. The van der Waals surface area contributed by atoms with Crippen molar-refractivity contribution in [2.75, 3.05) is 0 Å². The molecule has 3 nitrogen and oxygen atoms in total. The summed E-state index contributed by atoms with van der Waals surface area (Å²) in [5.74, 6) is -1.04. The van der Waals surface area contributed by atoms with Crippen molar-refractivity contribution in [1.82, 2.24) is 0 Å². The molecule has 0 heterocycles. The minimum atomic E-state index is -4.35. The van der Waals surface area contributed by atoms with Gasteiger partial charge in [-0.1, -0.05) is 36.4 Å². The van der Waals surface area contributed by atoms with Crippen LogP contribution in [0.1, 0.15) is 24.0 Å². The van der Waals surface area contributed by atoms with Crippen molar-refractivity contribution in [1.29, 1.82) is 0 Å². The predicted molar refractivity (Wildman–Crippen MR) is 83.5 cm³/mol. The van der Waals surface area contributed by atoms with Crippen LogP contribution in [-0.4, -0.2) is 22.3 Å². The van der Waals surface area contributed by atoms with Crippen LogP contribution < -0.4 is 0 Å². The number of halogens is 3. The number of alkyl halides is 3. The summed E-state index contributed by atoms with van der Waals surface area (Å²) in [7, 11) is 0. The molecule has 2 aromatic carbocycles. The van der Waals surface area contributed by atoms with Gasteiger partial charge in [-0.15, -0.1) is 0 Å². The number of aliphatic hydroxyl groups excluding tert-OH is 1. The van der Waals surface area contributed by atoms with Crippen LogP contribution in [0.25, 0.3) is 11.1 Å². The number of aliphatic hydroxyl groups is 1. The molecule has 0 amide bonds. The molecule has 0 radical (unpaired) electrons. The van der Waals surface area contributed by atoms with E-state index in [0.717, 1.165) is 23.3 Å². The highest BCUT2D eigenvalue weighted by atomic mass is 19.4. The lowest BCUT2D eigenvalue weighted by Crippen LogP contribution is -2.13. The molecular formula is C18H17F3O3. The lowest BCUT2D eigenvalue weighted by atomic mass is 10.00. The Hall–Kier alpha value is -2.34. The number of aryl methyl sites for hydroxylation is 1. The molecule has 0 aliphatic heterocycles. The van der Waals surface area contributed by atoms with Crippen LogP contribution in [0.3, 0.4) is 0 Å². The molecule has 0 spiro atoms. The van der Waals surface area contributed by atoms with Gasteiger partial charge in [0.15, 0.2) is 0 Å². The Labute approximate surface area is 137 Å². The molecule has 2 N–H and O–H groups in total. The van der Waals surface area contributed by atoms with E-state index in [4.69, 9.17) is 5.11 Å². The number of carboxylic acid groups (broad SMARTS) is 1. The van der Waals surface area contributed by atoms with Crippen LogP contribution >= 0.6 is 0 Å². The SMILES string of the molecule is O=C(O)CC(O)CCc1ccc(-c2ccc(C(F)(F)F)cc2)cc1. The summed E-state index contributed by atoms with van der Waals surface area (Å²) >= 11 is 0. The highest BCUT2D eigenvalue weighted by molar-refractivity contribution is 5.67. The van der Waals surface area contributed by atoms with Crippen LogP contribution in [-0.2, 0) is 17.4 Å². The predicted octanol–water partition coefficient (Wildman–Crippen LogP) is 4.14. The Morgan fingerprint density at radius 1 is 0.958 bits per heavy atom. The summed E-state index contributed by atoms with van der Waals surface area (Å²) in [5.41, 5.74) is 1.71. The molecule has 0 aliphatic rings. The number of hydrogen-bond acceptors (Lipinski definition) is 2. The lowest BCUT2D eigenvalue weighted by Gasteiger charge is -2.09. The number of aliphatic carboxylic acids is 1. The second-order valence-electron chi connectivity index (χ2n) is 5.56. The number of benzene rings is 2. The van der Waals surface area contributed by atoms with Crippen molar-refractivity contribution >= 4 is 5.97 Å². The zero-order valence-corrected chi connectivity index (χ0v) is 12.8. The Kier molecular flexibility index (Phi) is 5.62. The largest absolute Gasteiger partial charge is 0.481 e. The molecule has 0 bridgehead atoms. The molecule has 0 saturated heterocycles. The fourth-order valence-electron chi connectivity index (χ4n) is 2.35. The first-order chi connectivity index (χ1) is 11.3. The molecular weight excluding hydrogens is 321 g/mol. The molecule has 6 heteroatoms. The van der Waals surface area contributed by atoms with E-state index in [0.29, 0.717) is 18.4 Å². The Morgan fingerprint density at radius 2 is 1.46 bits per heavy atom. The van der Waals surface area contributed by atoms with Crippen LogP contribution in [0.5, 0.6) is 0 Å². The van der Waals surface area contributed by atoms with Crippen molar-refractivity contribution in [3.63, 3.8) is 0 Å². The molecule has 1 unspecified atom stereocenters. The average Bonchev–Trinajstić information content (AvgIpc) is 2.52. The maximum atomic E-state index is 12.5. The molecule has 0 saturated carbocycles. The van der Waals surface area contributed by atoms with Crippen LogP contribution in [0.15, 0.2) is 48.5 Å². The van der Waals surface area contributed by atoms with Gasteiger partial charge in [-0.2, -0.15) is 13.2 Å². The summed E-state index contributed by atoms with van der Waals surface area (Å²) < 4.78 is 37.6. The third kappa shape index (κ3) is 5.09. The molecule has 24 heavy (non-hydrogen) atoms. The summed E-state index contributed by atoms with van der Waals surface area (Å²) in [6, 6.07) is 12.2. The smallest absolute Gasteiger partial charge is 0.416 e. The second-order valence-corrected chi connectivity index (χ2v) is 5.56. The van der Waals surface area contributed by atoms with Gasteiger partial charge < -0.3 is 10.2 Å². The van der Waals surface area contributed by atoms with Crippen molar-refractivity contribution < 1.29 is 28.2 Å². The minimum Gasteiger partial charge on any atom is -0.481 e. The van der Waals surface area contributed by atoms with E-state index < -0.39 is 23.8 Å². The van der Waals surface area contributed by atoms with Gasteiger partial charge in [0.1, 0.15) is 0 Å². The van der Waals surface area contributed by atoms with Crippen molar-refractivity contribution in [3.05, 3.63) is 59.7 Å². The molecule has 0 aromatic heterocycles. The van der Waals surface area contributed by atoms with Crippen molar-refractivity contribution in [2.45, 2.75) is 31.5 Å². The lowest BCUT2D eigenvalue weighted by molar-refractivity contribution is -0.139. The van der Waals surface area contributed by atoms with Gasteiger partial charge in [-0.05, 0) is 41.7 Å². The molecule has 2 aromatic rings. The van der Waals surface area contributed by atoms with E-state index in [1.165, 1.54) is 12.1 Å². The summed E-state index contributed by atoms with van der Waals surface area (Å²) in [6.45, 7) is 0. The van der Waals surface area contributed by atoms with Crippen LogP contribution in [0, 0.1) is 0 Å². The number of rotatable bonds is 6. The first-order valence-corrected chi connectivity index (χ1v) is 7.42. The maximum Gasteiger partial charge on any atom is 0.416 e. The van der Waals surface area contributed by atoms with Gasteiger partial charge in [0.2, 0.25) is 0 Å². The van der Waals surface area contributed by atoms with E-state index in [-0.39, 0.29) is 6.42 Å². The van der Waals surface area contributed by atoms with E-state index in [1.54, 1.807) is 12.1 Å². The molecule has 2 rings (SSSR count). The minimum absolute atomic E-state index is 0.288. The van der Waals surface area contributed by atoms with E-state index in [1.807, 2.05) is 12.1 Å². The van der Waals surface area contributed by atoms with Gasteiger partial charge in [0, 0.05) is 0 Å². The van der Waals surface area contributed by atoms with Gasteiger partial charge >= 0.3 is 12.1 Å². The zero-order chi connectivity index (χ0) is 17.7. The Morgan fingerprint density at radius 3 is 1.92 bits per heavy atom. The maximum absolute atomic E-state index is 12.5. The number of carbonyl (C=O) groups is 1. The number of carboxylic acids is 1. The van der Waals surface area contributed by atoms with E-state index >= 15 is 0 Å². The van der Waals surface area contributed by atoms with E-state index in [9.17, 15) is 23.1 Å². The first-order valence-electron chi connectivity index (χ1n) is 7.42. The van der Waals surface area contributed by atoms with Gasteiger partial charge in [0.05, 0.1) is 18.1 Å². The summed E-state index contributed by atoms with van der Waals surface area (Å²) in [5, 5.41) is 18.1. The normalized spacial score (nSPS) is 12.8. The van der Waals surface area contributed by atoms with E-state index in [2.05, 4.69) is 0 Å². The topological polar surface area (TPSA) is 57.5 Å². The fourth-order valence-corrected chi connectivity index (χ4v) is 2.35. The van der Waals surface area contributed by atoms with Crippen molar-refractivity contribution in [3.8, 4) is 11.1 Å². The third-order valence-electron chi connectivity index (χ3n) is 3.68. The molecule has 0 aliphatic carbocycles. The highest BCUT2D eigenvalue weighted by Crippen LogP contribution is 2.31. The monoisotopic (exact) mass is 338 g/mol. The fraction of sp³-hybridized carbons (Fsp3) is 0.278. The van der Waals surface area contributed by atoms with Crippen LogP contribution in [0.2, 0.25) is 0 Å². The summed E-state index contributed by atoms with van der Waals surface area (Å²) in [6.07, 6.45) is -4.66. The third-order valence-corrected chi connectivity index (χ3v) is 3.68. The Bertz CT molecular complexity index is 676.